The highest BCUT2D eigenvalue weighted by Gasteiger charge is 1.97. The first kappa shape index (κ1) is 12.0. The third-order valence-corrected chi connectivity index (χ3v) is 1.40. The molecular weight excluding hydrogens is 162 g/mol. The first-order chi connectivity index (χ1) is 6.33. The van der Waals surface area contributed by atoms with Gasteiger partial charge in [0.1, 0.15) is 0 Å². The van der Waals surface area contributed by atoms with E-state index < -0.39 is 0 Å². The minimum atomic E-state index is 0.209. The number of nitrogens with one attached hydrogen (secondary N) is 1. The molecule has 74 valence electrons. The van der Waals surface area contributed by atoms with Gasteiger partial charge in [-0.3, -0.25) is 9.98 Å². The molecule has 0 aromatic carbocycles. The van der Waals surface area contributed by atoms with Gasteiger partial charge in [-0.05, 0) is 14.0 Å². The molecule has 1 N–H and O–H groups in total. The molecule has 1 heterocycles. The lowest BCUT2D eigenvalue weighted by molar-refractivity contribution is 0.902. The first-order valence-corrected chi connectivity index (χ1v) is 4.73. The Kier molecular flexibility index (Phi) is 7.11. The molecule has 1 aliphatic rings. The van der Waals surface area contributed by atoms with E-state index in [1.165, 1.54) is 0 Å². The van der Waals surface area contributed by atoms with Crippen molar-refractivity contribution >= 4 is 12.4 Å². The summed E-state index contributed by atoms with van der Waals surface area (Å²) in [5.74, 6) is 0. The molecule has 1 unspecified atom stereocenters. The fraction of sp³-hybridized carbons (Fsp3) is 0.600. The Bertz CT molecular complexity index is 204. The SMILES string of the molecule is CC.CNCC1=CN=CC(C)N=C1. The summed E-state index contributed by atoms with van der Waals surface area (Å²) in [5.41, 5.74) is 1.12. The summed E-state index contributed by atoms with van der Waals surface area (Å²) in [6.45, 7) is 6.84. The van der Waals surface area contributed by atoms with E-state index in [9.17, 15) is 0 Å². The minimum Gasteiger partial charge on any atom is -0.316 e. The smallest absolute Gasteiger partial charge is 0.0822 e. The lowest BCUT2D eigenvalue weighted by atomic mass is 10.3. The third-order valence-electron chi connectivity index (χ3n) is 1.40. The molecule has 0 aliphatic carbocycles. The van der Waals surface area contributed by atoms with Crippen LogP contribution in [0.1, 0.15) is 20.8 Å². The summed E-state index contributed by atoms with van der Waals surface area (Å²) in [7, 11) is 1.91. The summed E-state index contributed by atoms with van der Waals surface area (Å²) in [6.07, 6.45) is 5.54. The van der Waals surface area contributed by atoms with E-state index in [4.69, 9.17) is 0 Å². The van der Waals surface area contributed by atoms with Crippen molar-refractivity contribution in [2.75, 3.05) is 13.6 Å². The number of hydrogen-bond donors (Lipinski definition) is 1. The van der Waals surface area contributed by atoms with Crippen LogP contribution in [-0.2, 0) is 0 Å². The van der Waals surface area contributed by atoms with E-state index in [-0.39, 0.29) is 6.04 Å². The molecule has 0 aromatic rings. The average Bonchev–Trinajstić information content (AvgIpc) is 2.36. The molecule has 1 aliphatic heterocycles. The van der Waals surface area contributed by atoms with Crippen LogP contribution in [0.25, 0.3) is 0 Å². The van der Waals surface area contributed by atoms with Gasteiger partial charge in [0.2, 0.25) is 0 Å². The van der Waals surface area contributed by atoms with Crippen LogP contribution in [0.15, 0.2) is 21.8 Å². The van der Waals surface area contributed by atoms with Gasteiger partial charge in [-0.2, -0.15) is 0 Å². The number of rotatable bonds is 2. The van der Waals surface area contributed by atoms with E-state index in [1.807, 2.05) is 46.4 Å². The van der Waals surface area contributed by atoms with E-state index >= 15 is 0 Å². The molecule has 3 heteroatoms. The summed E-state index contributed by atoms with van der Waals surface area (Å²) in [6, 6.07) is 0.209. The third kappa shape index (κ3) is 5.31. The lowest BCUT2D eigenvalue weighted by Gasteiger charge is -1.96. The maximum absolute atomic E-state index is 4.24. The minimum absolute atomic E-state index is 0.209. The predicted molar refractivity (Wildman–Crippen MR) is 59.8 cm³/mol. The normalized spacial score (nSPS) is 20.0. The van der Waals surface area contributed by atoms with Crippen LogP contribution in [0, 0.1) is 0 Å². The molecule has 1 atom stereocenters. The predicted octanol–water partition coefficient (Wildman–Crippen LogP) is 1.66. The van der Waals surface area contributed by atoms with Gasteiger partial charge >= 0.3 is 0 Å². The standard InChI is InChI=1S/C8H13N3.C2H6/c1-7-3-10-5-8(4-9-2)6-11-7;1-2/h3,5-7,9H,4H2,1-2H3;1-2H3. The van der Waals surface area contributed by atoms with E-state index in [2.05, 4.69) is 15.3 Å². The Morgan fingerprint density at radius 2 is 2.15 bits per heavy atom. The molecule has 0 radical (unpaired) electrons. The number of likely N-dealkylation sites (N-methyl/N-ethyl adjacent to an activating group) is 1. The monoisotopic (exact) mass is 181 g/mol. The molecule has 3 nitrogen and oxygen atoms in total. The summed E-state index contributed by atoms with van der Waals surface area (Å²) in [5, 5.41) is 3.05. The second-order valence-corrected chi connectivity index (χ2v) is 2.55. The molecule has 1 rings (SSSR count). The van der Waals surface area contributed by atoms with Crippen LogP contribution in [0.3, 0.4) is 0 Å². The molecule has 0 amide bonds. The molecule has 0 saturated heterocycles. The lowest BCUT2D eigenvalue weighted by Crippen LogP contribution is -2.11. The van der Waals surface area contributed by atoms with Crippen LogP contribution < -0.4 is 5.32 Å². The van der Waals surface area contributed by atoms with Crippen molar-refractivity contribution in [3.63, 3.8) is 0 Å². The van der Waals surface area contributed by atoms with Gasteiger partial charge in [0.25, 0.3) is 0 Å². The van der Waals surface area contributed by atoms with Gasteiger partial charge in [-0.15, -0.1) is 0 Å². The number of aliphatic imine (C=N–C) groups is 2. The van der Waals surface area contributed by atoms with Crippen LogP contribution >= 0.6 is 0 Å². The molecule has 0 spiro atoms. The Labute approximate surface area is 80.7 Å². The van der Waals surface area contributed by atoms with Crippen molar-refractivity contribution in [2.24, 2.45) is 9.98 Å². The van der Waals surface area contributed by atoms with Crippen molar-refractivity contribution in [3.05, 3.63) is 11.8 Å². The number of nitrogens with zero attached hydrogens (tertiary/aromatic N) is 2. The Morgan fingerprint density at radius 1 is 1.46 bits per heavy atom. The van der Waals surface area contributed by atoms with Gasteiger partial charge < -0.3 is 5.32 Å². The van der Waals surface area contributed by atoms with Crippen LogP contribution in [0.2, 0.25) is 0 Å². The fourth-order valence-corrected chi connectivity index (χ4v) is 0.844. The van der Waals surface area contributed by atoms with E-state index in [0.29, 0.717) is 0 Å². The first-order valence-electron chi connectivity index (χ1n) is 4.73. The Balaban J connectivity index is 0.000000671. The quantitative estimate of drug-likeness (QED) is 0.691. The zero-order valence-electron chi connectivity index (χ0n) is 8.91. The van der Waals surface area contributed by atoms with Crippen molar-refractivity contribution < 1.29 is 0 Å². The highest BCUT2D eigenvalue weighted by molar-refractivity contribution is 5.83. The molecule has 13 heavy (non-hydrogen) atoms. The average molecular weight is 181 g/mol. The van der Waals surface area contributed by atoms with Crippen molar-refractivity contribution in [1.82, 2.24) is 5.32 Å². The van der Waals surface area contributed by atoms with Crippen molar-refractivity contribution in [3.8, 4) is 0 Å². The molecular formula is C10H19N3. The van der Waals surface area contributed by atoms with Crippen LogP contribution in [0.4, 0.5) is 0 Å². The summed E-state index contributed by atoms with van der Waals surface area (Å²) < 4.78 is 0. The molecule has 0 bridgehead atoms. The van der Waals surface area contributed by atoms with Gasteiger partial charge in [-0.25, -0.2) is 0 Å². The summed E-state index contributed by atoms with van der Waals surface area (Å²) in [4.78, 5) is 8.34. The second-order valence-electron chi connectivity index (χ2n) is 2.55. The van der Waals surface area contributed by atoms with E-state index in [1.54, 1.807) is 0 Å². The zero-order chi connectivity index (χ0) is 10.1. The highest BCUT2D eigenvalue weighted by Crippen LogP contribution is 1.96. The highest BCUT2D eigenvalue weighted by atomic mass is 14.9. The fourth-order valence-electron chi connectivity index (χ4n) is 0.844. The van der Waals surface area contributed by atoms with Gasteiger partial charge in [0.15, 0.2) is 0 Å². The Hall–Kier alpha value is -0.960. The second kappa shape index (κ2) is 7.68. The maximum atomic E-state index is 4.24. The van der Waals surface area contributed by atoms with Gasteiger partial charge in [0, 0.05) is 30.7 Å². The Morgan fingerprint density at radius 3 is 2.77 bits per heavy atom. The largest absolute Gasteiger partial charge is 0.316 e. The van der Waals surface area contributed by atoms with Gasteiger partial charge in [0.05, 0.1) is 6.04 Å². The topological polar surface area (TPSA) is 36.8 Å². The van der Waals surface area contributed by atoms with Crippen LogP contribution in [-0.4, -0.2) is 32.1 Å². The van der Waals surface area contributed by atoms with E-state index in [0.717, 1.165) is 12.1 Å². The van der Waals surface area contributed by atoms with Crippen molar-refractivity contribution in [2.45, 2.75) is 26.8 Å². The molecule has 0 fully saturated rings. The summed E-state index contributed by atoms with van der Waals surface area (Å²) >= 11 is 0. The number of hydrogen-bond acceptors (Lipinski definition) is 3. The maximum Gasteiger partial charge on any atom is 0.0822 e. The van der Waals surface area contributed by atoms with Crippen LogP contribution in [0.5, 0.6) is 0 Å². The zero-order valence-corrected chi connectivity index (χ0v) is 8.91. The molecule has 0 saturated carbocycles. The molecule has 0 aromatic heterocycles. The van der Waals surface area contributed by atoms with Gasteiger partial charge in [-0.1, -0.05) is 13.8 Å². The van der Waals surface area contributed by atoms with Crippen molar-refractivity contribution in [1.29, 1.82) is 0 Å².